The Bertz CT molecular complexity index is 500. The fourth-order valence-electron chi connectivity index (χ4n) is 2.57. The number of amides is 1. The number of carbonyl (C=O) groups is 1. The summed E-state index contributed by atoms with van der Waals surface area (Å²) >= 11 is 1.91. The van der Waals surface area contributed by atoms with Gasteiger partial charge in [-0.05, 0) is 30.3 Å². The van der Waals surface area contributed by atoms with E-state index in [9.17, 15) is 9.59 Å². The van der Waals surface area contributed by atoms with Crippen molar-refractivity contribution < 1.29 is 9.21 Å². The second kappa shape index (κ2) is 5.40. The van der Waals surface area contributed by atoms with E-state index < -0.39 is 5.76 Å². The molecule has 2 fully saturated rings. The SMILES string of the molecule is O=C(CC1CSC1)N1CCC(c2n[nH]c(=O)o2)CC1. The molecule has 104 valence electrons. The number of likely N-dealkylation sites (tertiary alicyclic amines) is 1. The fourth-order valence-corrected chi connectivity index (χ4v) is 3.37. The first-order chi connectivity index (χ1) is 9.22. The number of rotatable bonds is 3. The van der Waals surface area contributed by atoms with Crippen LogP contribution in [-0.2, 0) is 4.79 Å². The highest BCUT2D eigenvalue weighted by Gasteiger charge is 2.29. The molecule has 0 radical (unpaired) electrons. The molecule has 1 N–H and O–H groups in total. The third-order valence-corrected chi connectivity index (χ3v) is 5.24. The van der Waals surface area contributed by atoms with Crippen LogP contribution in [0, 0.1) is 5.92 Å². The van der Waals surface area contributed by atoms with E-state index in [-0.39, 0.29) is 11.8 Å². The number of thioether (sulfide) groups is 1. The Morgan fingerprint density at radius 1 is 1.42 bits per heavy atom. The van der Waals surface area contributed by atoms with Crippen molar-refractivity contribution in [3.63, 3.8) is 0 Å². The standard InChI is InChI=1S/C12H17N3O3S/c16-10(5-8-6-19-7-8)15-3-1-9(2-4-15)11-13-14-12(17)18-11/h8-9H,1-7H2,(H,14,17). The van der Waals surface area contributed by atoms with Crippen LogP contribution in [0.3, 0.4) is 0 Å². The summed E-state index contributed by atoms with van der Waals surface area (Å²) in [6, 6.07) is 0. The van der Waals surface area contributed by atoms with E-state index in [2.05, 4.69) is 10.2 Å². The van der Waals surface area contributed by atoms with Gasteiger partial charge in [0.25, 0.3) is 0 Å². The molecule has 2 aliphatic heterocycles. The third-order valence-electron chi connectivity index (χ3n) is 3.82. The molecular formula is C12H17N3O3S. The molecule has 2 aliphatic rings. The maximum atomic E-state index is 12.1. The molecule has 6 nitrogen and oxygen atoms in total. The molecule has 0 saturated carbocycles. The third kappa shape index (κ3) is 2.86. The van der Waals surface area contributed by atoms with Crippen LogP contribution in [0.15, 0.2) is 9.21 Å². The number of nitrogens with one attached hydrogen (secondary N) is 1. The zero-order valence-corrected chi connectivity index (χ0v) is 11.4. The van der Waals surface area contributed by atoms with Crippen molar-refractivity contribution in [2.75, 3.05) is 24.6 Å². The predicted molar refractivity (Wildman–Crippen MR) is 71.1 cm³/mol. The van der Waals surface area contributed by atoms with Crippen molar-refractivity contribution in [3.8, 4) is 0 Å². The molecule has 1 aromatic heterocycles. The molecule has 3 rings (SSSR count). The lowest BCUT2D eigenvalue weighted by Gasteiger charge is -2.33. The Morgan fingerprint density at radius 2 is 2.16 bits per heavy atom. The van der Waals surface area contributed by atoms with E-state index in [1.807, 2.05) is 16.7 Å². The molecule has 1 amide bonds. The van der Waals surface area contributed by atoms with Crippen LogP contribution in [0.2, 0.25) is 0 Å². The number of piperidine rings is 1. The van der Waals surface area contributed by atoms with Gasteiger partial charge in [0.05, 0.1) is 0 Å². The number of H-pyrrole nitrogens is 1. The zero-order chi connectivity index (χ0) is 13.2. The van der Waals surface area contributed by atoms with Gasteiger partial charge in [0.15, 0.2) is 0 Å². The summed E-state index contributed by atoms with van der Waals surface area (Å²) in [6.45, 7) is 1.47. The number of hydrogen-bond donors (Lipinski definition) is 1. The van der Waals surface area contributed by atoms with E-state index in [0.29, 0.717) is 18.2 Å². The molecule has 1 aromatic rings. The van der Waals surface area contributed by atoms with Gasteiger partial charge < -0.3 is 9.32 Å². The second-order valence-electron chi connectivity index (χ2n) is 5.21. The van der Waals surface area contributed by atoms with Gasteiger partial charge in [0, 0.05) is 25.4 Å². The molecule has 0 atom stereocenters. The van der Waals surface area contributed by atoms with Gasteiger partial charge in [-0.3, -0.25) is 4.79 Å². The maximum Gasteiger partial charge on any atom is 0.434 e. The summed E-state index contributed by atoms with van der Waals surface area (Å²) in [5, 5.41) is 6.16. The van der Waals surface area contributed by atoms with Gasteiger partial charge in [-0.2, -0.15) is 11.8 Å². The van der Waals surface area contributed by atoms with E-state index >= 15 is 0 Å². The van der Waals surface area contributed by atoms with Crippen LogP contribution < -0.4 is 5.76 Å². The number of carbonyl (C=O) groups excluding carboxylic acids is 1. The first kappa shape index (κ1) is 12.8. The largest absolute Gasteiger partial charge is 0.434 e. The first-order valence-electron chi connectivity index (χ1n) is 6.63. The Labute approximate surface area is 114 Å². The van der Waals surface area contributed by atoms with Crippen molar-refractivity contribution >= 4 is 17.7 Å². The highest BCUT2D eigenvalue weighted by Crippen LogP contribution is 2.30. The molecule has 19 heavy (non-hydrogen) atoms. The highest BCUT2D eigenvalue weighted by molar-refractivity contribution is 8.00. The van der Waals surface area contributed by atoms with Crippen molar-refractivity contribution in [3.05, 3.63) is 16.4 Å². The van der Waals surface area contributed by atoms with Crippen LogP contribution in [0.4, 0.5) is 0 Å². The highest BCUT2D eigenvalue weighted by atomic mass is 32.2. The zero-order valence-electron chi connectivity index (χ0n) is 10.6. The summed E-state index contributed by atoms with van der Waals surface area (Å²) in [4.78, 5) is 24.9. The molecule has 0 unspecified atom stereocenters. The number of hydrogen-bond acceptors (Lipinski definition) is 5. The lowest BCUT2D eigenvalue weighted by molar-refractivity contribution is -0.133. The van der Waals surface area contributed by atoms with E-state index in [0.717, 1.165) is 37.4 Å². The predicted octanol–water partition coefficient (Wildman–Crippen LogP) is 0.822. The lowest BCUT2D eigenvalue weighted by atomic mass is 9.96. The Hall–Kier alpha value is -1.24. The van der Waals surface area contributed by atoms with Crippen LogP contribution >= 0.6 is 11.8 Å². The first-order valence-corrected chi connectivity index (χ1v) is 7.79. The summed E-state index contributed by atoms with van der Waals surface area (Å²) in [5.41, 5.74) is 0. The molecule has 7 heteroatoms. The van der Waals surface area contributed by atoms with Gasteiger partial charge >= 0.3 is 5.76 Å². The van der Waals surface area contributed by atoms with Crippen molar-refractivity contribution in [1.29, 1.82) is 0 Å². The van der Waals surface area contributed by atoms with Gasteiger partial charge in [0.1, 0.15) is 0 Å². The minimum Gasteiger partial charge on any atom is -0.392 e. The summed E-state index contributed by atoms with van der Waals surface area (Å²) in [7, 11) is 0. The minimum absolute atomic E-state index is 0.155. The fraction of sp³-hybridized carbons (Fsp3) is 0.750. The molecule has 2 saturated heterocycles. The number of nitrogens with zero attached hydrogens (tertiary/aromatic N) is 2. The average molecular weight is 283 g/mol. The molecule has 0 aromatic carbocycles. The van der Waals surface area contributed by atoms with Crippen molar-refractivity contribution in [1.82, 2.24) is 15.1 Å². The van der Waals surface area contributed by atoms with E-state index in [1.54, 1.807) is 0 Å². The Morgan fingerprint density at radius 3 is 2.68 bits per heavy atom. The monoisotopic (exact) mass is 283 g/mol. The molecular weight excluding hydrogens is 266 g/mol. The van der Waals surface area contributed by atoms with E-state index in [1.165, 1.54) is 0 Å². The minimum atomic E-state index is -0.504. The molecule has 3 heterocycles. The van der Waals surface area contributed by atoms with Gasteiger partial charge in [-0.25, -0.2) is 9.89 Å². The quantitative estimate of drug-likeness (QED) is 0.888. The molecule has 0 aliphatic carbocycles. The van der Waals surface area contributed by atoms with Gasteiger partial charge in [-0.15, -0.1) is 5.10 Å². The lowest BCUT2D eigenvalue weighted by Crippen LogP contribution is -2.40. The maximum absolute atomic E-state index is 12.1. The summed E-state index contributed by atoms with van der Waals surface area (Å²) < 4.78 is 4.98. The van der Waals surface area contributed by atoms with Gasteiger partial charge in [-0.1, -0.05) is 0 Å². The van der Waals surface area contributed by atoms with Crippen LogP contribution in [0.1, 0.15) is 31.1 Å². The van der Waals surface area contributed by atoms with Crippen molar-refractivity contribution in [2.45, 2.75) is 25.2 Å². The van der Waals surface area contributed by atoms with Crippen LogP contribution in [-0.4, -0.2) is 45.6 Å². The molecule has 0 bridgehead atoms. The normalized spacial score (nSPS) is 21.4. The Balaban J connectivity index is 1.51. The average Bonchev–Trinajstić information content (AvgIpc) is 2.80. The Kier molecular flexibility index (Phi) is 3.63. The van der Waals surface area contributed by atoms with Crippen LogP contribution in [0.25, 0.3) is 0 Å². The summed E-state index contributed by atoms with van der Waals surface area (Å²) in [6.07, 6.45) is 2.33. The van der Waals surface area contributed by atoms with Crippen LogP contribution in [0.5, 0.6) is 0 Å². The summed E-state index contributed by atoms with van der Waals surface area (Å²) in [5.74, 6) is 3.24. The van der Waals surface area contributed by atoms with E-state index in [4.69, 9.17) is 4.42 Å². The smallest absolute Gasteiger partial charge is 0.392 e. The second-order valence-corrected chi connectivity index (χ2v) is 6.29. The van der Waals surface area contributed by atoms with Gasteiger partial charge in [0.2, 0.25) is 11.8 Å². The number of aromatic nitrogens is 2. The number of aromatic amines is 1. The van der Waals surface area contributed by atoms with Crippen molar-refractivity contribution in [2.24, 2.45) is 5.92 Å². The molecule has 0 spiro atoms. The topological polar surface area (TPSA) is 79.2 Å².